The lowest BCUT2D eigenvalue weighted by atomic mass is 9.99. The molecule has 0 spiro atoms. The van der Waals surface area contributed by atoms with Gasteiger partial charge in [0.25, 0.3) is 0 Å². The van der Waals surface area contributed by atoms with Crippen molar-refractivity contribution in [1.29, 1.82) is 0 Å². The van der Waals surface area contributed by atoms with Crippen molar-refractivity contribution in [2.45, 2.75) is 38.5 Å². The maximum absolute atomic E-state index is 11.7. The second kappa shape index (κ2) is 5.49. The molecule has 0 radical (unpaired) electrons. The number of piperidine rings is 1. The third kappa shape index (κ3) is 2.70. The molecule has 1 fully saturated rings. The summed E-state index contributed by atoms with van der Waals surface area (Å²) in [7, 11) is 1.33. The average Bonchev–Trinajstić information content (AvgIpc) is 2.74. The van der Waals surface area contributed by atoms with Gasteiger partial charge < -0.3 is 14.3 Å². The third-order valence-electron chi connectivity index (χ3n) is 3.15. The van der Waals surface area contributed by atoms with Crippen LogP contribution in [0, 0.1) is 6.92 Å². The summed E-state index contributed by atoms with van der Waals surface area (Å²) in [6, 6.07) is -0.629. The molecule has 0 saturated carbocycles. The first-order chi connectivity index (χ1) is 8.61. The van der Waals surface area contributed by atoms with Gasteiger partial charge >= 0.3 is 5.97 Å². The smallest absolute Gasteiger partial charge is 0.325 e. The molecule has 1 N–H and O–H groups in total. The van der Waals surface area contributed by atoms with E-state index < -0.39 is 18.1 Å². The minimum Gasteiger partial charge on any atom is -0.468 e. The van der Waals surface area contributed by atoms with Crippen molar-refractivity contribution in [3.8, 4) is 0 Å². The topological polar surface area (TPSA) is 75.8 Å². The van der Waals surface area contributed by atoms with E-state index in [0.29, 0.717) is 18.9 Å². The van der Waals surface area contributed by atoms with E-state index in [1.54, 1.807) is 6.20 Å². The molecule has 2 atom stereocenters. The van der Waals surface area contributed by atoms with Crippen molar-refractivity contribution >= 4 is 5.97 Å². The Morgan fingerprint density at radius 3 is 3.11 bits per heavy atom. The molecule has 0 aromatic carbocycles. The molecule has 0 aliphatic carbocycles. The van der Waals surface area contributed by atoms with Gasteiger partial charge in [0.1, 0.15) is 11.8 Å². The van der Waals surface area contributed by atoms with Crippen molar-refractivity contribution in [3.05, 3.63) is 17.8 Å². The third-order valence-corrected chi connectivity index (χ3v) is 3.15. The normalized spacial score (nSPS) is 25.1. The Labute approximate surface area is 106 Å². The number of hydrogen-bond donors (Lipinski definition) is 1. The van der Waals surface area contributed by atoms with Crippen molar-refractivity contribution in [2.24, 2.45) is 0 Å². The Kier molecular flexibility index (Phi) is 3.98. The molecule has 6 nitrogen and oxygen atoms in total. The Balaban J connectivity index is 2.10. The first-order valence-corrected chi connectivity index (χ1v) is 6.03. The van der Waals surface area contributed by atoms with E-state index in [2.05, 4.69) is 4.98 Å². The number of esters is 1. The van der Waals surface area contributed by atoms with E-state index >= 15 is 0 Å². The minimum absolute atomic E-state index is 0.407. The molecule has 2 rings (SSSR count). The van der Waals surface area contributed by atoms with Crippen LogP contribution < -0.4 is 0 Å². The Bertz CT molecular complexity index is 418. The van der Waals surface area contributed by atoms with Crippen LogP contribution in [0.2, 0.25) is 0 Å². The number of nitrogens with zero attached hydrogens (tertiary/aromatic N) is 2. The first-order valence-electron chi connectivity index (χ1n) is 6.03. The summed E-state index contributed by atoms with van der Waals surface area (Å²) < 4.78 is 10.1. The highest BCUT2D eigenvalue weighted by Crippen LogP contribution is 2.21. The fourth-order valence-electron chi connectivity index (χ4n) is 2.30. The lowest BCUT2D eigenvalue weighted by Crippen LogP contribution is -2.52. The molecule has 100 valence electrons. The van der Waals surface area contributed by atoms with Gasteiger partial charge in [0.05, 0.1) is 26.0 Å². The van der Waals surface area contributed by atoms with Crippen molar-refractivity contribution in [2.75, 3.05) is 13.7 Å². The number of likely N-dealkylation sites (tertiary alicyclic amines) is 1. The number of carbonyl (C=O) groups excluding carboxylic acids is 1. The number of oxazole rings is 1. The van der Waals surface area contributed by atoms with Crippen LogP contribution in [0.15, 0.2) is 10.6 Å². The number of aryl methyl sites for hydroxylation is 1. The van der Waals surface area contributed by atoms with Gasteiger partial charge in [-0.3, -0.25) is 9.69 Å². The molecule has 1 saturated heterocycles. The van der Waals surface area contributed by atoms with E-state index in [0.717, 1.165) is 18.7 Å². The number of hydrogen-bond acceptors (Lipinski definition) is 6. The van der Waals surface area contributed by atoms with Crippen molar-refractivity contribution < 1.29 is 19.1 Å². The zero-order valence-electron chi connectivity index (χ0n) is 10.6. The van der Waals surface area contributed by atoms with Gasteiger partial charge in [-0.25, -0.2) is 4.98 Å². The highest BCUT2D eigenvalue weighted by Gasteiger charge is 2.37. The van der Waals surface area contributed by atoms with Gasteiger partial charge in [-0.05, 0) is 26.3 Å². The van der Waals surface area contributed by atoms with Crippen LogP contribution >= 0.6 is 0 Å². The van der Waals surface area contributed by atoms with Crippen LogP contribution in [0.4, 0.5) is 0 Å². The van der Waals surface area contributed by atoms with Gasteiger partial charge in [-0.2, -0.15) is 0 Å². The molecule has 2 heterocycles. The zero-order valence-corrected chi connectivity index (χ0v) is 10.6. The molecule has 0 unspecified atom stereocenters. The molecule has 1 aliphatic heterocycles. The summed E-state index contributed by atoms with van der Waals surface area (Å²) in [5, 5.41) is 9.93. The van der Waals surface area contributed by atoms with Gasteiger partial charge in [-0.15, -0.1) is 0 Å². The van der Waals surface area contributed by atoms with Crippen LogP contribution in [0.3, 0.4) is 0 Å². The van der Waals surface area contributed by atoms with Crippen LogP contribution in [-0.2, 0) is 16.1 Å². The Hall–Kier alpha value is -1.40. The summed E-state index contributed by atoms with van der Waals surface area (Å²) in [6.07, 6.45) is 2.40. The summed E-state index contributed by atoms with van der Waals surface area (Å²) in [6.45, 7) is 2.95. The van der Waals surface area contributed by atoms with E-state index in [-0.39, 0.29) is 0 Å². The number of aliphatic hydroxyl groups excluding tert-OH is 1. The van der Waals surface area contributed by atoms with E-state index in [1.165, 1.54) is 7.11 Å². The standard InChI is InChI=1S/C12H18N2O4/c1-8-6-13-10(18-8)7-14-5-3-4-9(15)11(14)12(16)17-2/h6,9,11,15H,3-5,7H2,1-2H3/t9-,11-/m0/s1. The quantitative estimate of drug-likeness (QED) is 0.791. The van der Waals surface area contributed by atoms with Crippen LogP contribution in [0.25, 0.3) is 0 Å². The highest BCUT2D eigenvalue weighted by atomic mass is 16.5. The number of carbonyl (C=O) groups is 1. The number of methoxy groups -OCH3 is 1. The van der Waals surface area contributed by atoms with Crippen molar-refractivity contribution in [1.82, 2.24) is 9.88 Å². The summed E-state index contributed by atoms with van der Waals surface area (Å²) in [4.78, 5) is 17.7. The monoisotopic (exact) mass is 254 g/mol. The fraction of sp³-hybridized carbons (Fsp3) is 0.667. The molecule has 6 heteroatoms. The van der Waals surface area contributed by atoms with E-state index in [1.807, 2.05) is 11.8 Å². The van der Waals surface area contributed by atoms with Gasteiger partial charge in [0, 0.05) is 0 Å². The number of aromatic nitrogens is 1. The summed E-state index contributed by atoms with van der Waals surface area (Å²) in [5.74, 6) is 0.873. The zero-order chi connectivity index (χ0) is 13.1. The minimum atomic E-state index is -0.692. The lowest BCUT2D eigenvalue weighted by Gasteiger charge is -2.36. The summed E-state index contributed by atoms with van der Waals surface area (Å²) >= 11 is 0. The van der Waals surface area contributed by atoms with Crippen LogP contribution in [0.1, 0.15) is 24.5 Å². The molecule has 0 amide bonds. The van der Waals surface area contributed by atoms with Gasteiger partial charge in [0.15, 0.2) is 0 Å². The number of ether oxygens (including phenoxy) is 1. The first kappa shape index (κ1) is 13.0. The predicted molar refractivity (Wildman–Crippen MR) is 62.7 cm³/mol. The van der Waals surface area contributed by atoms with Gasteiger partial charge in [0.2, 0.25) is 5.89 Å². The molecule has 1 aromatic rings. The molecule has 1 aromatic heterocycles. The average molecular weight is 254 g/mol. The number of aliphatic hydroxyl groups is 1. The van der Waals surface area contributed by atoms with Crippen LogP contribution in [-0.4, -0.2) is 46.8 Å². The molecule has 1 aliphatic rings. The predicted octanol–water partition coefficient (Wildman–Crippen LogP) is 0.481. The second-order valence-corrected chi connectivity index (χ2v) is 4.51. The lowest BCUT2D eigenvalue weighted by molar-refractivity contribution is -0.154. The molecular formula is C12H18N2O4. The highest BCUT2D eigenvalue weighted by molar-refractivity contribution is 5.76. The molecule has 18 heavy (non-hydrogen) atoms. The maximum Gasteiger partial charge on any atom is 0.325 e. The van der Waals surface area contributed by atoms with Crippen LogP contribution in [0.5, 0.6) is 0 Å². The van der Waals surface area contributed by atoms with E-state index in [9.17, 15) is 9.90 Å². The fourth-order valence-corrected chi connectivity index (χ4v) is 2.30. The van der Waals surface area contributed by atoms with Gasteiger partial charge in [-0.1, -0.05) is 0 Å². The van der Waals surface area contributed by atoms with E-state index in [4.69, 9.17) is 9.15 Å². The second-order valence-electron chi connectivity index (χ2n) is 4.51. The number of rotatable bonds is 3. The molecular weight excluding hydrogens is 236 g/mol. The Morgan fingerprint density at radius 2 is 2.50 bits per heavy atom. The maximum atomic E-state index is 11.7. The van der Waals surface area contributed by atoms with Crippen molar-refractivity contribution in [3.63, 3.8) is 0 Å². The SMILES string of the molecule is COC(=O)[C@@H]1[C@@H](O)CCCN1Cc1ncc(C)o1. The summed E-state index contributed by atoms with van der Waals surface area (Å²) in [5.41, 5.74) is 0. The largest absolute Gasteiger partial charge is 0.468 e. The Morgan fingerprint density at radius 1 is 1.72 bits per heavy atom. The molecule has 0 bridgehead atoms.